The van der Waals surface area contributed by atoms with Crippen LogP contribution in [0.1, 0.15) is 0 Å². The fraction of sp³-hybridized carbons (Fsp3) is 0.200. The molecule has 0 unspecified atom stereocenters. The van der Waals surface area contributed by atoms with Crippen molar-refractivity contribution in [1.82, 2.24) is 0 Å². The van der Waals surface area contributed by atoms with Crippen LogP contribution >= 0.6 is 7.14 Å². The largest absolute Gasteiger partial charge is 0.481 e. The van der Waals surface area contributed by atoms with Gasteiger partial charge >= 0.3 is 5.97 Å². The number of nitriles is 1. The van der Waals surface area contributed by atoms with Crippen molar-refractivity contribution in [2.75, 3.05) is 12.3 Å². The summed E-state index contributed by atoms with van der Waals surface area (Å²) in [6, 6.07) is 10.1. The van der Waals surface area contributed by atoms with Gasteiger partial charge < -0.3 is 9.67 Å². The standard InChI is InChI=1S/C10H10NO3P/c11-6-7-15(14,8-10(12)13)9-4-2-1-3-5-9/h1-5H,7-8H2,(H,12,13)/t15-/m0/s1. The van der Waals surface area contributed by atoms with Gasteiger partial charge in [-0.15, -0.1) is 0 Å². The number of benzene rings is 1. The average Bonchev–Trinajstić information content (AvgIpc) is 2.18. The molecule has 5 heteroatoms. The highest BCUT2D eigenvalue weighted by Gasteiger charge is 2.27. The molecule has 1 rings (SSSR count). The second-order valence-electron chi connectivity index (χ2n) is 3.09. The van der Waals surface area contributed by atoms with Gasteiger partial charge in [0, 0.05) is 5.30 Å². The Kier molecular flexibility index (Phi) is 3.65. The molecule has 1 N–H and O–H groups in total. The van der Waals surface area contributed by atoms with E-state index in [4.69, 9.17) is 10.4 Å². The van der Waals surface area contributed by atoms with E-state index < -0.39 is 19.3 Å². The van der Waals surface area contributed by atoms with Crippen LogP contribution in [0.4, 0.5) is 0 Å². The molecule has 1 atom stereocenters. The molecule has 0 spiro atoms. The van der Waals surface area contributed by atoms with Crippen molar-refractivity contribution in [1.29, 1.82) is 5.26 Å². The van der Waals surface area contributed by atoms with Gasteiger partial charge in [-0.3, -0.25) is 4.79 Å². The summed E-state index contributed by atoms with van der Waals surface area (Å²) >= 11 is 0. The number of carbonyl (C=O) groups is 1. The third-order valence-corrected chi connectivity index (χ3v) is 4.62. The van der Waals surface area contributed by atoms with E-state index in [0.29, 0.717) is 5.30 Å². The van der Waals surface area contributed by atoms with Gasteiger partial charge in [-0.25, -0.2) is 0 Å². The number of carboxylic acids is 1. The molecule has 78 valence electrons. The third kappa shape index (κ3) is 2.93. The van der Waals surface area contributed by atoms with Crippen molar-refractivity contribution < 1.29 is 14.5 Å². The Morgan fingerprint density at radius 2 is 2.00 bits per heavy atom. The first-order valence-electron chi connectivity index (χ1n) is 4.31. The molecule has 0 aliphatic rings. The number of carboxylic acid groups (broad SMARTS) is 1. The summed E-state index contributed by atoms with van der Waals surface area (Å²) in [5, 5.41) is 17.7. The summed E-state index contributed by atoms with van der Waals surface area (Å²) in [5.74, 6) is -1.14. The van der Waals surface area contributed by atoms with E-state index in [-0.39, 0.29) is 6.16 Å². The van der Waals surface area contributed by atoms with Crippen LogP contribution in [-0.4, -0.2) is 23.4 Å². The minimum Gasteiger partial charge on any atom is -0.481 e. The van der Waals surface area contributed by atoms with Gasteiger partial charge in [-0.1, -0.05) is 30.3 Å². The van der Waals surface area contributed by atoms with Crippen molar-refractivity contribution >= 4 is 18.4 Å². The Morgan fingerprint density at radius 3 is 2.47 bits per heavy atom. The number of rotatable bonds is 4. The molecular formula is C10H10NO3P. The molecule has 0 radical (unpaired) electrons. The van der Waals surface area contributed by atoms with Crippen LogP contribution in [-0.2, 0) is 9.36 Å². The van der Waals surface area contributed by atoms with Gasteiger partial charge in [0.1, 0.15) is 13.3 Å². The molecule has 0 aliphatic carbocycles. The second kappa shape index (κ2) is 4.77. The van der Waals surface area contributed by atoms with E-state index in [1.165, 1.54) is 0 Å². The minimum absolute atomic E-state index is 0.233. The van der Waals surface area contributed by atoms with Gasteiger partial charge in [0.25, 0.3) is 0 Å². The van der Waals surface area contributed by atoms with E-state index in [1.807, 2.05) is 0 Å². The Labute approximate surface area is 87.5 Å². The Balaban J connectivity index is 3.08. The van der Waals surface area contributed by atoms with Crippen molar-refractivity contribution in [3.63, 3.8) is 0 Å². The minimum atomic E-state index is -3.09. The maximum absolute atomic E-state index is 12.2. The molecule has 1 aromatic carbocycles. The maximum atomic E-state index is 12.2. The van der Waals surface area contributed by atoms with Crippen molar-refractivity contribution in [2.24, 2.45) is 0 Å². The predicted octanol–water partition coefficient (Wildman–Crippen LogP) is 1.28. The molecular weight excluding hydrogens is 213 g/mol. The van der Waals surface area contributed by atoms with Crippen LogP contribution in [0.3, 0.4) is 0 Å². The smallest absolute Gasteiger partial charge is 0.311 e. The van der Waals surface area contributed by atoms with Gasteiger partial charge in [0.15, 0.2) is 0 Å². The molecule has 0 aliphatic heterocycles. The Bertz CT molecular complexity index is 436. The van der Waals surface area contributed by atoms with E-state index in [2.05, 4.69) is 0 Å². The molecule has 0 heterocycles. The maximum Gasteiger partial charge on any atom is 0.311 e. The second-order valence-corrected chi connectivity index (χ2v) is 6.02. The first-order chi connectivity index (χ1) is 7.08. The number of nitrogens with zero attached hydrogens (tertiary/aromatic N) is 1. The number of hydrogen-bond acceptors (Lipinski definition) is 3. The molecule has 0 aromatic heterocycles. The first kappa shape index (κ1) is 11.5. The molecule has 4 nitrogen and oxygen atoms in total. The lowest BCUT2D eigenvalue weighted by molar-refractivity contribution is -0.134. The van der Waals surface area contributed by atoms with E-state index >= 15 is 0 Å². The van der Waals surface area contributed by atoms with Crippen molar-refractivity contribution in [3.05, 3.63) is 30.3 Å². The van der Waals surface area contributed by atoms with Gasteiger partial charge in [0.2, 0.25) is 0 Å². The van der Waals surface area contributed by atoms with Crippen LogP contribution < -0.4 is 5.30 Å². The summed E-state index contributed by atoms with van der Waals surface area (Å²) in [5.41, 5.74) is 0. The van der Waals surface area contributed by atoms with Crippen LogP contribution in [0.15, 0.2) is 30.3 Å². The van der Waals surface area contributed by atoms with Crippen LogP contribution in [0.2, 0.25) is 0 Å². The highest BCUT2D eigenvalue weighted by atomic mass is 31.2. The third-order valence-electron chi connectivity index (χ3n) is 1.94. The topological polar surface area (TPSA) is 78.2 Å². The summed E-state index contributed by atoms with van der Waals surface area (Å²) in [4.78, 5) is 10.6. The Hall–Kier alpha value is -1.59. The fourth-order valence-electron chi connectivity index (χ4n) is 1.27. The van der Waals surface area contributed by atoms with Crippen molar-refractivity contribution in [3.8, 4) is 6.07 Å². The molecule has 0 saturated heterocycles. The highest BCUT2D eigenvalue weighted by Crippen LogP contribution is 2.43. The summed E-state index contributed by atoms with van der Waals surface area (Å²) in [7, 11) is -3.09. The quantitative estimate of drug-likeness (QED) is 0.780. The van der Waals surface area contributed by atoms with Gasteiger partial charge in [-0.2, -0.15) is 5.26 Å². The van der Waals surface area contributed by atoms with E-state index in [0.717, 1.165) is 0 Å². The van der Waals surface area contributed by atoms with Crippen molar-refractivity contribution in [2.45, 2.75) is 0 Å². The lowest BCUT2D eigenvalue weighted by Gasteiger charge is -2.12. The summed E-state index contributed by atoms with van der Waals surface area (Å²) in [6.45, 7) is 0. The van der Waals surface area contributed by atoms with E-state index in [1.54, 1.807) is 36.4 Å². The highest BCUT2D eigenvalue weighted by molar-refractivity contribution is 7.72. The lowest BCUT2D eigenvalue weighted by Crippen LogP contribution is -2.15. The van der Waals surface area contributed by atoms with Crippen LogP contribution in [0, 0.1) is 11.3 Å². The molecule has 1 aromatic rings. The SMILES string of the molecule is N#CC[P@](=O)(CC(=O)O)c1ccccc1. The zero-order valence-corrected chi connectivity index (χ0v) is 8.85. The van der Waals surface area contributed by atoms with Gasteiger partial charge in [-0.05, 0) is 0 Å². The molecule has 0 amide bonds. The zero-order valence-electron chi connectivity index (χ0n) is 7.96. The summed E-state index contributed by atoms with van der Waals surface area (Å²) < 4.78 is 12.2. The van der Waals surface area contributed by atoms with Crippen LogP contribution in [0.5, 0.6) is 0 Å². The molecule has 0 fully saturated rings. The van der Waals surface area contributed by atoms with Crippen LogP contribution in [0.25, 0.3) is 0 Å². The molecule has 0 bridgehead atoms. The Morgan fingerprint density at radius 1 is 1.40 bits per heavy atom. The molecule has 15 heavy (non-hydrogen) atoms. The number of aliphatic carboxylic acids is 1. The zero-order chi connectivity index (χ0) is 11.3. The number of hydrogen-bond donors (Lipinski definition) is 1. The van der Waals surface area contributed by atoms with Gasteiger partial charge in [0.05, 0.1) is 12.2 Å². The monoisotopic (exact) mass is 223 g/mol. The van der Waals surface area contributed by atoms with E-state index in [9.17, 15) is 9.36 Å². The fourth-order valence-corrected chi connectivity index (χ4v) is 3.13. The molecule has 0 saturated carbocycles. The summed E-state index contributed by atoms with van der Waals surface area (Å²) in [6.07, 6.45) is -0.701. The lowest BCUT2D eigenvalue weighted by atomic mass is 10.4. The normalized spacial score (nSPS) is 13.8. The predicted molar refractivity (Wildman–Crippen MR) is 56.7 cm³/mol. The first-order valence-corrected chi connectivity index (χ1v) is 6.39. The average molecular weight is 223 g/mol.